The highest BCUT2D eigenvalue weighted by Crippen LogP contribution is 2.22. The number of hydrogen-bond donors (Lipinski definition) is 0. The summed E-state index contributed by atoms with van der Waals surface area (Å²) >= 11 is 6.34. The number of nitro groups is 1. The van der Waals surface area contributed by atoms with Crippen molar-refractivity contribution in [2.45, 2.75) is 31.1 Å². The van der Waals surface area contributed by atoms with Crippen molar-refractivity contribution in [2.24, 2.45) is 0 Å². The predicted molar refractivity (Wildman–Crippen MR) is 85.8 cm³/mol. The maximum Gasteiger partial charge on any atom is 0.272 e. The molecule has 0 radical (unpaired) electrons. The van der Waals surface area contributed by atoms with E-state index in [9.17, 15) is 10.1 Å². The number of nitro benzene ring substituents is 1. The molecule has 2 aromatic carbocycles. The van der Waals surface area contributed by atoms with Crippen molar-refractivity contribution >= 4 is 17.3 Å². The summed E-state index contributed by atoms with van der Waals surface area (Å²) in [6.45, 7) is 0. The molecule has 110 valence electrons. The second-order valence-electron chi connectivity index (χ2n) is 5.07. The van der Waals surface area contributed by atoms with Crippen LogP contribution in [0.2, 0.25) is 0 Å². The first-order valence-electron chi connectivity index (χ1n) is 7.07. The van der Waals surface area contributed by atoms with E-state index in [4.69, 9.17) is 11.6 Å². The summed E-state index contributed by atoms with van der Waals surface area (Å²) in [5.41, 5.74) is 2.17. The minimum absolute atomic E-state index is 0.0742. The molecule has 1 unspecified atom stereocenters. The molecule has 21 heavy (non-hydrogen) atoms. The molecule has 0 aliphatic carbocycles. The largest absolute Gasteiger partial charge is 0.272 e. The van der Waals surface area contributed by atoms with E-state index in [2.05, 4.69) is 12.1 Å². The van der Waals surface area contributed by atoms with E-state index in [1.165, 1.54) is 11.6 Å². The molecule has 2 aromatic rings. The van der Waals surface area contributed by atoms with E-state index in [0.717, 1.165) is 19.3 Å². The third kappa shape index (κ3) is 4.87. The molecular weight excluding hydrogens is 286 g/mol. The predicted octanol–water partition coefficient (Wildman–Crippen LogP) is 4.77. The van der Waals surface area contributed by atoms with Gasteiger partial charge in [0.25, 0.3) is 5.69 Å². The molecule has 2 rings (SSSR count). The molecule has 0 bridgehead atoms. The lowest BCUT2D eigenvalue weighted by molar-refractivity contribution is -0.385. The van der Waals surface area contributed by atoms with Crippen molar-refractivity contribution in [1.82, 2.24) is 0 Å². The highest BCUT2D eigenvalue weighted by atomic mass is 35.5. The van der Waals surface area contributed by atoms with E-state index in [-0.39, 0.29) is 16.0 Å². The number of nitrogens with zero attached hydrogens (tertiary/aromatic N) is 1. The van der Waals surface area contributed by atoms with Crippen molar-refractivity contribution in [3.8, 4) is 0 Å². The molecule has 0 aromatic heterocycles. The first-order chi connectivity index (χ1) is 10.2. The Bertz CT molecular complexity index is 586. The van der Waals surface area contributed by atoms with Crippen LogP contribution >= 0.6 is 11.6 Å². The average Bonchev–Trinajstić information content (AvgIpc) is 2.48. The number of hydrogen-bond acceptors (Lipinski definition) is 2. The van der Waals surface area contributed by atoms with Gasteiger partial charge in [0, 0.05) is 17.0 Å². The molecule has 0 heterocycles. The summed E-state index contributed by atoms with van der Waals surface area (Å²) in [5, 5.41) is 10.9. The van der Waals surface area contributed by atoms with E-state index in [1.54, 1.807) is 12.1 Å². The van der Waals surface area contributed by atoms with Gasteiger partial charge >= 0.3 is 0 Å². The third-order valence-electron chi connectivity index (χ3n) is 3.46. The van der Waals surface area contributed by atoms with Crippen LogP contribution in [0, 0.1) is 10.1 Å². The van der Waals surface area contributed by atoms with Gasteiger partial charge in [0.1, 0.15) is 0 Å². The average molecular weight is 304 g/mol. The summed E-state index contributed by atoms with van der Waals surface area (Å²) in [7, 11) is 0. The topological polar surface area (TPSA) is 43.1 Å². The minimum atomic E-state index is -0.344. The molecule has 0 aliphatic heterocycles. The fraction of sp³-hybridized carbons (Fsp3) is 0.294. The smallest absolute Gasteiger partial charge is 0.258 e. The maximum absolute atomic E-state index is 11.0. The van der Waals surface area contributed by atoms with Crippen LogP contribution in [-0.4, -0.2) is 10.3 Å². The van der Waals surface area contributed by atoms with Gasteiger partial charge in [-0.1, -0.05) is 48.5 Å². The highest BCUT2D eigenvalue weighted by Gasteiger charge is 2.15. The fourth-order valence-electron chi connectivity index (χ4n) is 2.37. The molecule has 0 saturated carbocycles. The molecule has 0 fully saturated rings. The van der Waals surface area contributed by atoms with Gasteiger partial charge in [0.15, 0.2) is 0 Å². The standard InChI is InChI=1S/C17H18ClNO2/c18-16(11-6-9-14-7-2-1-3-8-14)13-15-10-4-5-12-17(15)19(20)21/h1-5,7-8,10,12,16H,6,9,11,13H2. The van der Waals surface area contributed by atoms with Gasteiger partial charge < -0.3 is 0 Å². The number of rotatable bonds is 7. The number of alkyl halides is 1. The molecule has 1 atom stereocenters. The Morgan fingerprint density at radius 1 is 1.05 bits per heavy atom. The van der Waals surface area contributed by atoms with Gasteiger partial charge in [-0.15, -0.1) is 11.6 Å². The van der Waals surface area contributed by atoms with Crippen LogP contribution in [-0.2, 0) is 12.8 Å². The second-order valence-corrected chi connectivity index (χ2v) is 5.68. The van der Waals surface area contributed by atoms with Gasteiger partial charge in [0.05, 0.1) is 4.92 Å². The first-order valence-corrected chi connectivity index (χ1v) is 7.51. The Labute approximate surface area is 129 Å². The van der Waals surface area contributed by atoms with Crippen molar-refractivity contribution in [1.29, 1.82) is 0 Å². The van der Waals surface area contributed by atoms with Crippen LogP contribution in [0.5, 0.6) is 0 Å². The van der Waals surface area contributed by atoms with Crippen LogP contribution < -0.4 is 0 Å². The van der Waals surface area contributed by atoms with Gasteiger partial charge in [-0.3, -0.25) is 10.1 Å². The fourth-order valence-corrected chi connectivity index (χ4v) is 2.70. The lowest BCUT2D eigenvalue weighted by atomic mass is 10.0. The summed E-state index contributed by atoms with van der Waals surface area (Å²) in [6, 6.07) is 17.1. The van der Waals surface area contributed by atoms with Crippen LogP contribution in [0.1, 0.15) is 24.0 Å². The molecule has 0 amide bonds. The van der Waals surface area contributed by atoms with Gasteiger partial charge in [-0.25, -0.2) is 0 Å². The monoisotopic (exact) mass is 303 g/mol. The molecule has 4 heteroatoms. The lowest BCUT2D eigenvalue weighted by Crippen LogP contribution is -2.06. The van der Waals surface area contributed by atoms with Gasteiger partial charge in [-0.2, -0.15) is 0 Å². The van der Waals surface area contributed by atoms with Crippen LogP contribution in [0.4, 0.5) is 5.69 Å². The van der Waals surface area contributed by atoms with Crippen molar-refractivity contribution in [3.63, 3.8) is 0 Å². The third-order valence-corrected chi connectivity index (χ3v) is 3.83. The Balaban J connectivity index is 1.85. The van der Waals surface area contributed by atoms with Gasteiger partial charge in [0.2, 0.25) is 0 Å². The number of halogens is 1. The zero-order valence-corrected chi connectivity index (χ0v) is 12.5. The summed E-state index contributed by atoms with van der Waals surface area (Å²) < 4.78 is 0. The molecule has 0 spiro atoms. The SMILES string of the molecule is O=[N+]([O-])c1ccccc1CC(Cl)CCCc1ccccc1. The quantitative estimate of drug-likeness (QED) is 0.420. The summed E-state index contributed by atoms with van der Waals surface area (Å²) in [5.74, 6) is 0. The van der Waals surface area contributed by atoms with E-state index in [1.807, 2.05) is 24.3 Å². The van der Waals surface area contributed by atoms with E-state index < -0.39 is 0 Å². The van der Waals surface area contributed by atoms with Crippen molar-refractivity contribution in [2.75, 3.05) is 0 Å². The first kappa shape index (κ1) is 15.5. The highest BCUT2D eigenvalue weighted by molar-refractivity contribution is 6.20. The second kappa shape index (κ2) is 7.79. The number of para-hydroxylation sites is 1. The lowest BCUT2D eigenvalue weighted by Gasteiger charge is -2.10. The Kier molecular flexibility index (Phi) is 5.76. The molecule has 0 saturated heterocycles. The zero-order chi connectivity index (χ0) is 15.1. The Hall–Kier alpha value is -1.87. The van der Waals surface area contributed by atoms with Crippen molar-refractivity contribution in [3.05, 3.63) is 75.8 Å². The van der Waals surface area contributed by atoms with Crippen LogP contribution in [0.25, 0.3) is 0 Å². The number of aryl methyl sites for hydroxylation is 1. The molecule has 3 nitrogen and oxygen atoms in total. The van der Waals surface area contributed by atoms with Crippen LogP contribution in [0.15, 0.2) is 54.6 Å². The minimum Gasteiger partial charge on any atom is -0.258 e. The van der Waals surface area contributed by atoms with Crippen molar-refractivity contribution < 1.29 is 4.92 Å². The summed E-state index contributed by atoms with van der Waals surface area (Å²) in [4.78, 5) is 10.6. The maximum atomic E-state index is 11.0. The number of benzene rings is 2. The van der Waals surface area contributed by atoms with Gasteiger partial charge in [-0.05, 0) is 31.2 Å². The normalized spacial score (nSPS) is 12.0. The molecule has 0 aliphatic rings. The molecular formula is C17H18ClNO2. The zero-order valence-electron chi connectivity index (χ0n) is 11.7. The Morgan fingerprint density at radius 2 is 1.71 bits per heavy atom. The molecule has 0 N–H and O–H groups in total. The van der Waals surface area contributed by atoms with E-state index >= 15 is 0 Å². The Morgan fingerprint density at radius 3 is 2.43 bits per heavy atom. The van der Waals surface area contributed by atoms with E-state index in [0.29, 0.717) is 12.0 Å². The summed E-state index contributed by atoms with van der Waals surface area (Å²) in [6.07, 6.45) is 3.36. The van der Waals surface area contributed by atoms with Crippen LogP contribution in [0.3, 0.4) is 0 Å².